The quantitative estimate of drug-likeness (QED) is 0.364. The number of methoxy groups -OCH3 is 1. The highest BCUT2D eigenvalue weighted by atomic mass is 32.2. The van der Waals surface area contributed by atoms with Gasteiger partial charge in [-0.05, 0) is 30.2 Å². The van der Waals surface area contributed by atoms with Crippen molar-refractivity contribution in [2.24, 2.45) is 0 Å². The van der Waals surface area contributed by atoms with Crippen LogP contribution in [0.5, 0.6) is 11.5 Å². The first-order chi connectivity index (χ1) is 12.9. The number of thiocarbonyl (C=S) groups is 1. The Morgan fingerprint density at radius 1 is 1.41 bits per heavy atom. The number of unbranched alkanes of at least 4 members (excludes halogenated alkanes) is 1. The predicted octanol–water partition coefficient (Wildman–Crippen LogP) is 2.52. The van der Waals surface area contributed by atoms with Crippen LogP contribution in [0.3, 0.4) is 0 Å². The molecule has 0 unspecified atom stereocenters. The van der Waals surface area contributed by atoms with Crippen LogP contribution in [0.4, 0.5) is 0 Å². The Balaban J connectivity index is 2.24. The Hall–Kier alpha value is -2.10. The topological polar surface area (TPSA) is 96.3 Å². The van der Waals surface area contributed by atoms with Crippen LogP contribution >= 0.6 is 24.0 Å². The van der Waals surface area contributed by atoms with E-state index >= 15 is 0 Å². The van der Waals surface area contributed by atoms with Crippen molar-refractivity contribution in [1.82, 2.24) is 4.90 Å². The minimum atomic E-state index is -1.40. The van der Waals surface area contributed by atoms with Gasteiger partial charge in [0.15, 0.2) is 17.5 Å². The second kappa shape index (κ2) is 9.72. The molecule has 2 N–H and O–H groups in total. The van der Waals surface area contributed by atoms with Crippen LogP contribution in [0.1, 0.15) is 25.3 Å². The lowest BCUT2D eigenvalue weighted by molar-refractivity contribution is -0.146. The molecule has 0 bridgehead atoms. The third-order valence-corrected chi connectivity index (χ3v) is 5.16. The van der Waals surface area contributed by atoms with Crippen LogP contribution in [0.25, 0.3) is 6.08 Å². The smallest absolute Gasteiger partial charge is 0.329 e. The Morgan fingerprint density at radius 3 is 2.74 bits per heavy atom. The number of carbonyl (C=O) groups excluding carboxylic acids is 1. The van der Waals surface area contributed by atoms with Crippen molar-refractivity contribution >= 4 is 46.3 Å². The number of hydrogen-bond acceptors (Lipinski definition) is 7. The Morgan fingerprint density at radius 2 is 2.15 bits per heavy atom. The van der Waals surface area contributed by atoms with Crippen molar-refractivity contribution in [3.05, 3.63) is 28.7 Å². The lowest BCUT2D eigenvalue weighted by atomic mass is 10.1. The van der Waals surface area contributed by atoms with Gasteiger partial charge in [-0.15, -0.1) is 0 Å². The van der Waals surface area contributed by atoms with Gasteiger partial charge in [-0.1, -0.05) is 43.4 Å². The summed E-state index contributed by atoms with van der Waals surface area (Å²) in [6.07, 6.45) is 3.56. The number of carboxylic acids is 1. The predicted molar refractivity (Wildman–Crippen MR) is 107 cm³/mol. The number of thioether (sulfide) groups is 1. The zero-order chi connectivity index (χ0) is 20.0. The minimum Gasteiger partial charge on any atom is -0.493 e. The largest absolute Gasteiger partial charge is 0.493 e. The number of aliphatic hydroxyl groups is 1. The summed E-state index contributed by atoms with van der Waals surface area (Å²) in [6.45, 7) is 1.95. The summed E-state index contributed by atoms with van der Waals surface area (Å²) < 4.78 is 11.1. The number of aliphatic hydroxyl groups excluding tert-OH is 1. The van der Waals surface area contributed by atoms with Gasteiger partial charge in [0, 0.05) is 0 Å². The van der Waals surface area contributed by atoms with E-state index in [0.717, 1.165) is 29.5 Å². The van der Waals surface area contributed by atoms with Crippen molar-refractivity contribution in [2.75, 3.05) is 20.3 Å². The molecular weight excluding hydrogens is 390 g/mol. The zero-order valence-electron chi connectivity index (χ0n) is 15.0. The molecule has 1 aliphatic heterocycles. The molecule has 1 fully saturated rings. The molecule has 9 heteroatoms. The summed E-state index contributed by atoms with van der Waals surface area (Å²) in [6, 6.07) is 3.87. The van der Waals surface area contributed by atoms with Crippen molar-refractivity contribution in [3.8, 4) is 11.5 Å². The maximum Gasteiger partial charge on any atom is 0.329 e. The standard InChI is InChI=1S/C18H21NO6S2/c1-3-4-7-25-13-6-5-11(8-14(13)24-2)9-15-16(21)19(18(26)27-15)12(10-20)17(22)23/h5-6,8-9,12,20H,3-4,7,10H2,1-2H3,(H,22,23)/b15-9-/t12-/m0/s1. The van der Waals surface area contributed by atoms with E-state index in [-0.39, 0.29) is 9.23 Å². The molecule has 0 radical (unpaired) electrons. The molecule has 1 aromatic rings. The van der Waals surface area contributed by atoms with E-state index in [9.17, 15) is 14.7 Å². The molecule has 2 rings (SSSR count). The first-order valence-corrected chi connectivity index (χ1v) is 9.57. The van der Waals surface area contributed by atoms with Crippen molar-refractivity contribution in [3.63, 3.8) is 0 Å². The second-order valence-corrected chi connectivity index (χ2v) is 7.38. The highest BCUT2D eigenvalue weighted by Crippen LogP contribution is 2.35. The van der Waals surface area contributed by atoms with E-state index in [1.54, 1.807) is 24.3 Å². The number of ether oxygens (including phenoxy) is 2. The fourth-order valence-corrected chi connectivity index (χ4v) is 3.75. The fourth-order valence-electron chi connectivity index (χ4n) is 2.39. The van der Waals surface area contributed by atoms with Gasteiger partial charge in [-0.3, -0.25) is 9.69 Å². The third-order valence-electron chi connectivity index (χ3n) is 3.83. The summed E-state index contributed by atoms with van der Waals surface area (Å²) in [5, 5.41) is 18.4. The van der Waals surface area contributed by atoms with Gasteiger partial charge in [-0.25, -0.2) is 4.79 Å². The summed E-state index contributed by atoms with van der Waals surface area (Å²) >= 11 is 6.10. The lowest BCUT2D eigenvalue weighted by Crippen LogP contribution is -2.46. The average Bonchev–Trinajstić information content (AvgIpc) is 2.91. The minimum absolute atomic E-state index is 0.0965. The number of hydrogen-bond donors (Lipinski definition) is 2. The number of rotatable bonds is 9. The molecule has 0 spiro atoms. The van der Waals surface area contributed by atoms with E-state index in [2.05, 4.69) is 6.92 Å². The van der Waals surface area contributed by atoms with E-state index < -0.39 is 24.5 Å². The molecule has 27 heavy (non-hydrogen) atoms. The van der Waals surface area contributed by atoms with Gasteiger partial charge in [0.05, 0.1) is 25.2 Å². The first-order valence-electron chi connectivity index (χ1n) is 8.34. The molecule has 1 saturated heterocycles. The zero-order valence-corrected chi connectivity index (χ0v) is 16.6. The van der Waals surface area contributed by atoms with Crippen molar-refractivity contribution < 1.29 is 29.3 Å². The SMILES string of the molecule is CCCCOc1ccc(/C=C2\SC(=S)N([C@@H](CO)C(=O)O)C2=O)cc1OC. The molecule has 0 aromatic heterocycles. The molecule has 0 aliphatic carbocycles. The monoisotopic (exact) mass is 411 g/mol. The summed E-state index contributed by atoms with van der Waals surface area (Å²) in [4.78, 5) is 25.0. The first kappa shape index (κ1) is 21.2. The molecule has 1 aliphatic rings. The van der Waals surface area contributed by atoms with E-state index in [0.29, 0.717) is 23.7 Å². The highest BCUT2D eigenvalue weighted by Gasteiger charge is 2.40. The van der Waals surface area contributed by atoms with Crippen LogP contribution in [0.15, 0.2) is 23.1 Å². The van der Waals surface area contributed by atoms with Gasteiger partial charge < -0.3 is 19.7 Å². The number of aliphatic carboxylic acids is 1. The maximum atomic E-state index is 12.5. The summed E-state index contributed by atoms with van der Waals surface area (Å²) in [5.41, 5.74) is 0.686. The third kappa shape index (κ3) is 5.00. The van der Waals surface area contributed by atoms with E-state index in [1.807, 2.05) is 0 Å². The number of amides is 1. The van der Waals surface area contributed by atoms with Crippen molar-refractivity contribution in [1.29, 1.82) is 0 Å². The molecule has 1 heterocycles. The van der Waals surface area contributed by atoms with Crippen LogP contribution in [0.2, 0.25) is 0 Å². The van der Waals surface area contributed by atoms with Gasteiger partial charge in [-0.2, -0.15) is 0 Å². The normalized spacial score (nSPS) is 16.7. The van der Waals surface area contributed by atoms with Crippen LogP contribution in [-0.4, -0.2) is 57.7 Å². The summed E-state index contributed by atoms with van der Waals surface area (Å²) in [7, 11) is 1.53. The molecular formula is C18H21NO6S2. The Labute approximate surface area is 166 Å². The van der Waals surface area contributed by atoms with Crippen molar-refractivity contribution in [2.45, 2.75) is 25.8 Å². The van der Waals surface area contributed by atoms with Crippen LogP contribution in [-0.2, 0) is 9.59 Å². The second-order valence-electron chi connectivity index (χ2n) is 5.70. The van der Waals surface area contributed by atoms with Gasteiger partial charge in [0.25, 0.3) is 5.91 Å². The Kier molecular flexibility index (Phi) is 7.64. The number of nitrogens with zero attached hydrogens (tertiary/aromatic N) is 1. The molecule has 1 atom stereocenters. The number of carbonyl (C=O) groups is 2. The highest BCUT2D eigenvalue weighted by molar-refractivity contribution is 8.26. The Bertz CT molecular complexity index is 764. The number of benzene rings is 1. The molecule has 1 amide bonds. The van der Waals surface area contributed by atoms with Gasteiger partial charge in [0.2, 0.25) is 0 Å². The summed E-state index contributed by atoms with van der Waals surface area (Å²) in [5.74, 6) is -0.713. The van der Waals surface area contributed by atoms with E-state index in [4.69, 9.17) is 26.8 Å². The maximum absolute atomic E-state index is 12.5. The molecule has 1 aromatic carbocycles. The average molecular weight is 412 g/mol. The lowest BCUT2D eigenvalue weighted by Gasteiger charge is -2.20. The molecule has 146 valence electrons. The molecule has 0 saturated carbocycles. The molecule has 7 nitrogen and oxygen atoms in total. The van der Waals surface area contributed by atoms with Gasteiger partial charge >= 0.3 is 5.97 Å². The number of carboxylic acid groups (broad SMARTS) is 1. The fraction of sp³-hybridized carbons (Fsp3) is 0.389. The van der Waals surface area contributed by atoms with E-state index in [1.165, 1.54) is 7.11 Å². The van der Waals surface area contributed by atoms with Gasteiger partial charge in [0.1, 0.15) is 4.32 Å². The van der Waals surface area contributed by atoms with Crippen LogP contribution in [0, 0.1) is 0 Å². The van der Waals surface area contributed by atoms with Crippen LogP contribution < -0.4 is 9.47 Å².